The second kappa shape index (κ2) is 14.5. The van der Waals surface area contributed by atoms with E-state index in [-0.39, 0.29) is 11.4 Å². The van der Waals surface area contributed by atoms with Crippen LogP contribution < -0.4 is 20.9 Å². The summed E-state index contributed by atoms with van der Waals surface area (Å²) in [6.07, 6.45) is 1.00. The third-order valence-corrected chi connectivity index (χ3v) is 8.01. The van der Waals surface area contributed by atoms with Crippen LogP contribution in [0.15, 0.2) is 36.4 Å². The number of hydrogen-bond acceptors (Lipinski definition) is 8. The van der Waals surface area contributed by atoms with Gasteiger partial charge in [0.15, 0.2) is 0 Å². The molecule has 0 aliphatic carbocycles. The fraction of sp³-hybridized carbons (Fsp3) is 0.556. The number of hydrogen-bond donors (Lipinski definition) is 2. The molecular weight excluding hydrogens is 504 g/mol. The summed E-state index contributed by atoms with van der Waals surface area (Å²) >= 11 is 0. The number of quaternary nitrogens is 2. The summed E-state index contributed by atoms with van der Waals surface area (Å²) in [4.78, 5) is 21.3. The van der Waals surface area contributed by atoms with Crippen LogP contribution in [0.4, 0.5) is 22.7 Å². The lowest BCUT2D eigenvalue weighted by atomic mass is 10.2. The molecule has 0 saturated heterocycles. The second-order valence-electron chi connectivity index (χ2n) is 9.85. The zero-order chi connectivity index (χ0) is 29.1. The SMILES string of the molecule is CC[N+](CC)(CCC[N+](CC)(CC)CCOc1cc([N+](=O)[O-])ccc1N)CCOc1cc([N+](=O)[O-])ccc1N. The smallest absolute Gasteiger partial charge is 0.273 e. The molecule has 0 spiro atoms. The summed E-state index contributed by atoms with van der Waals surface area (Å²) in [5, 5.41) is 22.2. The van der Waals surface area contributed by atoms with E-state index in [0.29, 0.717) is 36.1 Å². The number of ether oxygens (including phenoxy) is 2. The van der Waals surface area contributed by atoms with Gasteiger partial charge in [-0.15, -0.1) is 0 Å². The van der Waals surface area contributed by atoms with Gasteiger partial charge in [-0.2, -0.15) is 0 Å². The molecule has 4 N–H and O–H groups in total. The van der Waals surface area contributed by atoms with Crippen LogP contribution in [0.25, 0.3) is 0 Å². The Kier molecular flexibility index (Phi) is 11.7. The van der Waals surface area contributed by atoms with E-state index in [2.05, 4.69) is 27.7 Å². The maximum Gasteiger partial charge on any atom is 0.273 e. The number of nitro groups is 2. The highest BCUT2D eigenvalue weighted by molar-refractivity contribution is 5.58. The molecule has 2 rings (SSSR count). The maximum atomic E-state index is 11.1. The van der Waals surface area contributed by atoms with E-state index in [1.807, 2.05) is 0 Å². The number of rotatable bonds is 18. The first kappa shape index (κ1) is 31.6. The van der Waals surface area contributed by atoms with Crippen LogP contribution in [-0.2, 0) is 0 Å². The molecule has 0 amide bonds. The lowest BCUT2D eigenvalue weighted by Gasteiger charge is -2.40. The lowest BCUT2D eigenvalue weighted by molar-refractivity contribution is -0.942. The summed E-state index contributed by atoms with van der Waals surface area (Å²) in [6.45, 7) is 16.7. The van der Waals surface area contributed by atoms with Crippen LogP contribution >= 0.6 is 0 Å². The van der Waals surface area contributed by atoms with Gasteiger partial charge in [-0.25, -0.2) is 0 Å². The lowest BCUT2D eigenvalue weighted by Crippen LogP contribution is -2.54. The molecule has 0 bridgehead atoms. The number of likely N-dealkylation sites (N-methyl/N-ethyl adjacent to an activating group) is 2. The highest BCUT2D eigenvalue weighted by Crippen LogP contribution is 2.28. The van der Waals surface area contributed by atoms with E-state index in [4.69, 9.17) is 20.9 Å². The van der Waals surface area contributed by atoms with Crippen molar-refractivity contribution in [3.05, 3.63) is 56.6 Å². The Hall–Kier alpha value is -3.64. The van der Waals surface area contributed by atoms with Crippen molar-refractivity contribution in [2.45, 2.75) is 34.1 Å². The van der Waals surface area contributed by atoms with Crippen molar-refractivity contribution in [3.8, 4) is 11.5 Å². The average molecular weight is 549 g/mol. The molecular formula is C27H44N6O6+2. The van der Waals surface area contributed by atoms with Crippen molar-refractivity contribution in [1.82, 2.24) is 0 Å². The van der Waals surface area contributed by atoms with E-state index < -0.39 is 9.85 Å². The third-order valence-electron chi connectivity index (χ3n) is 8.01. The summed E-state index contributed by atoms with van der Waals surface area (Å²) in [5.74, 6) is 0.679. The first-order valence-electron chi connectivity index (χ1n) is 13.6. The summed E-state index contributed by atoms with van der Waals surface area (Å²) in [6, 6.07) is 8.49. The van der Waals surface area contributed by atoms with Crippen molar-refractivity contribution < 1.29 is 28.3 Å². The van der Waals surface area contributed by atoms with Gasteiger partial charge in [-0.3, -0.25) is 20.2 Å². The van der Waals surface area contributed by atoms with Gasteiger partial charge >= 0.3 is 0 Å². The normalized spacial score (nSPS) is 11.8. The Morgan fingerprint density at radius 3 is 1.33 bits per heavy atom. The first-order valence-corrected chi connectivity index (χ1v) is 13.6. The van der Waals surface area contributed by atoms with Crippen LogP contribution in [0.2, 0.25) is 0 Å². The number of benzene rings is 2. The highest BCUT2D eigenvalue weighted by atomic mass is 16.6. The monoisotopic (exact) mass is 548 g/mol. The molecule has 2 aromatic rings. The number of nitrogen functional groups attached to an aromatic ring is 2. The van der Waals surface area contributed by atoms with Crippen molar-refractivity contribution >= 4 is 22.7 Å². The number of nitrogens with two attached hydrogens (primary N) is 2. The van der Waals surface area contributed by atoms with Crippen molar-refractivity contribution in [2.24, 2.45) is 0 Å². The van der Waals surface area contributed by atoms with Gasteiger partial charge in [0.1, 0.15) is 37.8 Å². The van der Waals surface area contributed by atoms with Crippen molar-refractivity contribution in [2.75, 3.05) is 77.0 Å². The Morgan fingerprint density at radius 1 is 0.667 bits per heavy atom. The topological polar surface area (TPSA) is 157 Å². The fourth-order valence-electron chi connectivity index (χ4n) is 4.90. The van der Waals surface area contributed by atoms with Gasteiger partial charge in [0, 0.05) is 18.6 Å². The van der Waals surface area contributed by atoms with Gasteiger partial charge in [-0.1, -0.05) is 0 Å². The predicted octanol–water partition coefficient (Wildman–Crippen LogP) is 4.23. The van der Waals surface area contributed by atoms with Crippen molar-refractivity contribution in [3.63, 3.8) is 0 Å². The largest absolute Gasteiger partial charge is 0.485 e. The van der Waals surface area contributed by atoms with E-state index >= 15 is 0 Å². The van der Waals surface area contributed by atoms with E-state index in [9.17, 15) is 20.2 Å². The van der Waals surface area contributed by atoms with E-state index in [1.54, 1.807) is 0 Å². The molecule has 12 heteroatoms. The third kappa shape index (κ3) is 8.69. The molecule has 0 saturated carbocycles. The molecule has 12 nitrogen and oxygen atoms in total. The Bertz CT molecular complexity index is 1020. The zero-order valence-electron chi connectivity index (χ0n) is 23.6. The Balaban J connectivity index is 1.96. The van der Waals surface area contributed by atoms with Crippen LogP contribution in [0, 0.1) is 20.2 Å². The minimum Gasteiger partial charge on any atom is -0.485 e. The number of anilines is 2. The molecule has 0 aromatic heterocycles. The highest BCUT2D eigenvalue weighted by Gasteiger charge is 2.28. The van der Waals surface area contributed by atoms with Gasteiger partial charge in [0.05, 0.1) is 72.6 Å². The van der Waals surface area contributed by atoms with E-state index in [1.165, 1.54) is 36.4 Å². The summed E-state index contributed by atoms with van der Waals surface area (Å²) < 4.78 is 13.5. The van der Waals surface area contributed by atoms with Crippen molar-refractivity contribution in [1.29, 1.82) is 0 Å². The zero-order valence-corrected chi connectivity index (χ0v) is 23.6. The number of non-ortho nitro benzene ring substituents is 2. The molecule has 39 heavy (non-hydrogen) atoms. The molecule has 0 heterocycles. The molecule has 0 aliphatic rings. The molecule has 0 aliphatic heterocycles. The Labute approximate surface area is 230 Å². The molecule has 0 fully saturated rings. The molecule has 0 radical (unpaired) electrons. The molecule has 0 atom stereocenters. The second-order valence-corrected chi connectivity index (χ2v) is 9.85. The van der Waals surface area contributed by atoms with Crippen LogP contribution in [-0.4, -0.2) is 84.4 Å². The average Bonchev–Trinajstić information content (AvgIpc) is 2.93. The van der Waals surface area contributed by atoms with Gasteiger partial charge < -0.3 is 29.9 Å². The van der Waals surface area contributed by atoms with Gasteiger partial charge in [0.2, 0.25) is 0 Å². The Morgan fingerprint density at radius 2 is 1.03 bits per heavy atom. The number of nitrogens with zero attached hydrogens (tertiary/aromatic N) is 4. The summed E-state index contributed by atoms with van der Waals surface area (Å²) in [5.41, 5.74) is 12.6. The molecule has 0 unspecified atom stereocenters. The van der Waals surface area contributed by atoms with Gasteiger partial charge in [0.25, 0.3) is 11.4 Å². The maximum absolute atomic E-state index is 11.1. The predicted molar refractivity (Wildman–Crippen MR) is 153 cm³/mol. The van der Waals surface area contributed by atoms with Gasteiger partial charge in [-0.05, 0) is 39.8 Å². The summed E-state index contributed by atoms with van der Waals surface area (Å²) in [7, 11) is 0. The van der Waals surface area contributed by atoms with Crippen LogP contribution in [0.3, 0.4) is 0 Å². The van der Waals surface area contributed by atoms with E-state index in [0.717, 1.165) is 67.7 Å². The first-order chi connectivity index (χ1) is 18.5. The van der Waals surface area contributed by atoms with Crippen LogP contribution in [0.5, 0.6) is 11.5 Å². The quantitative estimate of drug-likeness (QED) is 0.121. The van der Waals surface area contributed by atoms with Crippen LogP contribution in [0.1, 0.15) is 34.1 Å². The minimum atomic E-state index is -0.458. The standard InChI is InChI=1S/C27H44N6O6/c1-5-32(6-2,16-18-38-26-20-22(30(34)35)10-12-24(26)28)14-9-15-33(7-3,8-4)17-19-39-27-21-23(31(36)37)11-13-25(27)29/h10-13,20-21H,5-9,14-19,28-29H2,1-4H3/q+2. The molecule has 216 valence electrons. The fourth-order valence-corrected chi connectivity index (χ4v) is 4.90. The minimum absolute atomic E-state index is 0.0451. The molecule has 2 aromatic carbocycles. The number of nitro benzene ring substituents is 2.